The Morgan fingerprint density at radius 2 is 1.88 bits per heavy atom. The van der Waals surface area contributed by atoms with Crippen LogP contribution >= 0.6 is 0 Å². The number of nitrogens with one attached hydrogen (secondary N) is 2. The molecule has 0 saturated heterocycles. The summed E-state index contributed by atoms with van der Waals surface area (Å²) in [4.78, 5) is 55.8. The first-order chi connectivity index (χ1) is 15.7. The first-order valence-electron chi connectivity index (χ1n) is 9.88. The Bertz CT molecular complexity index is 1260. The highest BCUT2D eigenvalue weighted by atomic mass is 16.5. The van der Waals surface area contributed by atoms with Crippen molar-refractivity contribution in [3.8, 4) is 5.75 Å². The molecule has 0 radical (unpaired) electrons. The van der Waals surface area contributed by atoms with E-state index in [-0.39, 0.29) is 47.3 Å². The maximum absolute atomic E-state index is 12.8. The number of carbonyl (C=O) groups is 3. The van der Waals surface area contributed by atoms with Crippen molar-refractivity contribution in [1.82, 2.24) is 9.97 Å². The third-order valence-electron chi connectivity index (χ3n) is 4.59. The Morgan fingerprint density at radius 3 is 2.48 bits per heavy atom. The van der Waals surface area contributed by atoms with E-state index in [1.54, 1.807) is 38.3 Å². The molecule has 0 atom stereocenters. The number of aromatic nitrogens is 2. The number of aromatic amines is 1. The zero-order valence-corrected chi connectivity index (χ0v) is 18.2. The lowest BCUT2D eigenvalue weighted by molar-refractivity contribution is 0.0521. The Morgan fingerprint density at radius 1 is 1.18 bits per heavy atom. The number of carbonyl (C=O) groups excluding carboxylic acids is 3. The Labute approximate surface area is 187 Å². The molecule has 0 bridgehead atoms. The molecule has 172 valence electrons. The van der Waals surface area contributed by atoms with Crippen LogP contribution in [0.2, 0.25) is 0 Å². The number of primary amides is 1. The molecular formula is C22H22N4O7. The van der Waals surface area contributed by atoms with Crippen LogP contribution in [0.4, 0.5) is 5.88 Å². The summed E-state index contributed by atoms with van der Waals surface area (Å²) in [5, 5.41) is 2.35. The fourth-order valence-corrected chi connectivity index (χ4v) is 3.13. The maximum Gasteiger partial charge on any atom is 0.342 e. The molecule has 0 saturated carbocycles. The number of H-pyrrole nitrogens is 1. The number of benzene rings is 1. The average Bonchev–Trinajstić information content (AvgIpc) is 3.10. The lowest BCUT2D eigenvalue weighted by atomic mass is 10.1. The highest BCUT2D eigenvalue weighted by molar-refractivity contribution is 6.12. The molecule has 11 nitrogen and oxygen atoms in total. The Hall–Kier alpha value is -4.41. The molecule has 2 aromatic heterocycles. The largest absolute Gasteiger partial charge is 0.497 e. The number of ether oxygens (including phenoxy) is 2. The fourth-order valence-electron chi connectivity index (χ4n) is 3.13. The van der Waals surface area contributed by atoms with Crippen molar-refractivity contribution in [2.75, 3.05) is 19.0 Å². The number of furan rings is 1. The van der Waals surface area contributed by atoms with Crippen molar-refractivity contribution in [2.24, 2.45) is 5.73 Å². The van der Waals surface area contributed by atoms with Crippen LogP contribution < -0.4 is 21.3 Å². The number of nitrogens with zero attached hydrogens (tertiary/aromatic N) is 1. The SMILES string of the molecule is CCOC(=O)c1c(C)oc(NC(=O)c2cc(=O)[nH]c(Cc3ccc(OC)cc3)n2)c1C(N)=O. The quantitative estimate of drug-likeness (QED) is 0.433. The predicted molar refractivity (Wildman–Crippen MR) is 117 cm³/mol. The van der Waals surface area contributed by atoms with Crippen molar-refractivity contribution < 1.29 is 28.3 Å². The van der Waals surface area contributed by atoms with E-state index in [0.29, 0.717) is 5.75 Å². The third-order valence-corrected chi connectivity index (χ3v) is 4.59. The number of aryl methyl sites for hydroxylation is 1. The summed E-state index contributed by atoms with van der Waals surface area (Å²) < 4.78 is 15.4. The number of hydrogen-bond donors (Lipinski definition) is 3. The molecule has 11 heteroatoms. The summed E-state index contributed by atoms with van der Waals surface area (Å²) >= 11 is 0. The standard InChI is InChI=1S/C22H22N4O7/c1-4-32-22(30)17-11(2)33-21(18(17)19(23)28)26-20(29)14-10-16(27)25-15(24-14)9-12-5-7-13(31-3)8-6-12/h5-8,10H,4,9H2,1-3H3,(H2,23,28)(H,26,29)(H,24,25,27). The van der Waals surface area contributed by atoms with Gasteiger partial charge in [-0.1, -0.05) is 12.1 Å². The molecule has 0 spiro atoms. The van der Waals surface area contributed by atoms with Crippen molar-refractivity contribution in [2.45, 2.75) is 20.3 Å². The van der Waals surface area contributed by atoms with Gasteiger partial charge in [0.1, 0.15) is 34.2 Å². The molecule has 3 rings (SSSR count). The molecular weight excluding hydrogens is 432 g/mol. The lowest BCUT2D eigenvalue weighted by Crippen LogP contribution is -2.23. The number of anilines is 1. The van der Waals surface area contributed by atoms with Crippen molar-refractivity contribution >= 4 is 23.7 Å². The van der Waals surface area contributed by atoms with Gasteiger partial charge in [0.15, 0.2) is 0 Å². The van der Waals surface area contributed by atoms with Crippen LogP contribution in [0.5, 0.6) is 5.75 Å². The summed E-state index contributed by atoms with van der Waals surface area (Å²) in [6, 6.07) is 8.12. The van der Waals surface area contributed by atoms with Crippen LogP contribution in [-0.2, 0) is 11.2 Å². The fraction of sp³-hybridized carbons (Fsp3) is 0.227. The predicted octanol–water partition coefficient (Wildman–Crippen LogP) is 1.80. The number of rotatable bonds is 8. The van der Waals surface area contributed by atoms with E-state index in [9.17, 15) is 19.2 Å². The van der Waals surface area contributed by atoms with Gasteiger partial charge in [-0.15, -0.1) is 0 Å². The molecule has 0 aliphatic heterocycles. The van der Waals surface area contributed by atoms with Crippen LogP contribution in [-0.4, -0.2) is 41.5 Å². The van der Waals surface area contributed by atoms with Gasteiger partial charge in [0.05, 0.1) is 13.7 Å². The van der Waals surface area contributed by atoms with Crippen molar-refractivity contribution in [3.05, 3.63) is 74.7 Å². The van der Waals surface area contributed by atoms with Crippen molar-refractivity contribution in [3.63, 3.8) is 0 Å². The molecule has 33 heavy (non-hydrogen) atoms. The van der Waals surface area contributed by atoms with Gasteiger partial charge in [0, 0.05) is 12.5 Å². The molecule has 3 aromatic rings. The summed E-state index contributed by atoms with van der Waals surface area (Å²) in [5.41, 5.74) is 4.95. The normalized spacial score (nSPS) is 10.5. The number of amides is 2. The first kappa shape index (κ1) is 23.3. The van der Waals surface area contributed by atoms with Gasteiger partial charge >= 0.3 is 5.97 Å². The van der Waals surface area contributed by atoms with Gasteiger partial charge in [-0.3, -0.25) is 19.7 Å². The second-order valence-corrected chi connectivity index (χ2v) is 6.88. The molecule has 1 aromatic carbocycles. The molecule has 0 aliphatic rings. The van der Waals surface area contributed by atoms with Gasteiger partial charge in [-0.05, 0) is 31.5 Å². The van der Waals surface area contributed by atoms with Crippen LogP contribution in [0.3, 0.4) is 0 Å². The minimum absolute atomic E-state index is 0.0385. The summed E-state index contributed by atoms with van der Waals surface area (Å²) in [6.45, 7) is 3.09. The third kappa shape index (κ3) is 5.26. The molecule has 2 amide bonds. The molecule has 4 N–H and O–H groups in total. The lowest BCUT2D eigenvalue weighted by Gasteiger charge is -2.07. The van der Waals surface area contributed by atoms with E-state index < -0.39 is 23.3 Å². The van der Waals surface area contributed by atoms with E-state index in [4.69, 9.17) is 19.6 Å². The topological polar surface area (TPSA) is 167 Å². The average molecular weight is 454 g/mol. The number of esters is 1. The summed E-state index contributed by atoms with van der Waals surface area (Å²) in [7, 11) is 1.55. The summed E-state index contributed by atoms with van der Waals surface area (Å²) in [6.07, 6.45) is 0.250. The van der Waals surface area contributed by atoms with Crippen molar-refractivity contribution in [1.29, 1.82) is 0 Å². The van der Waals surface area contributed by atoms with Gasteiger partial charge in [0.2, 0.25) is 5.88 Å². The van der Waals surface area contributed by atoms with E-state index in [1.807, 2.05) is 0 Å². The van der Waals surface area contributed by atoms with Crippen LogP contribution in [0.25, 0.3) is 0 Å². The molecule has 0 unspecified atom stereocenters. The van der Waals surface area contributed by atoms with Crippen LogP contribution in [0, 0.1) is 6.92 Å². The molecule has 0 aliphatic carbocycles. The Kier molecular flexibility index (Phi) is 6.91. The van der Waals surface area contributed by atoms with Gasteiger partial charge in [0.25, 0.3) is 17.4 Å². The monoisotopic (exact) mass is 454 g/mol. The highest BCUT2D eigenvalue weighted by Crippen LogP contribution is 2.28. The number of nitrogens with two attached hydrogens (primary N) is 1. The maximum atomic E-state index is 12.8. The smallest absolute Gasteiger partial charge is 0.342 e. The summed E-state index contributed by atoms with van der Waals surface area (Å²) in [5.74, 6) is -2.02. The number of methoxy groups -OCH3 is 1. The van der Waals surface area contributed by atoms with Gasteiger partial charge < -0.3 is 24.6 Å². The molecule has 0 fully saturated rings. The van der Waals surface area contributed by atoms with E-state index in [0.717, 1.165) is 11.6 Å². The van der Waals surface area contributed by atoms with Gasteiger partial charge in [-0.25, -0.2) is 9.78 Å². The Balaban J connectivity index is 1.89. The molecule has 2 heterocycles. The van der Waals surface area contributed by atoms with Gasteiger partial charge in [-0.2, -0.15) is 0 Å². The first-order valence-corrected chi connectivity index (χ1v) is 9.88. The second kappa shape index (κ2) is 9.81. The van der Waals surface area contributed by atoms with Crippen LogP contribution in [0.15, 0.2) is 39.5 Å². The van der Waals surface area contributed by atoms with E-state index in [2.05, 4.69) is 15.3 Å². The zero-order chi connectivity index (χ0) is 24.1. The minimum atomic E-state index is -0.996. The minimum Gasteiger partial charge on any atom is -0.497 e. The van der Waals surface area contributed by atoms with E-state index in [1.165, 1.54) is 6.92 Å². The van der Waals surface area contributed by atoms with Crippen LogP contribution in [0.1, 0.15) is 55.3 Å². The zero-order valence-electron chi connectivity index (χ0n) is 18.2. The highest BCUT2D eigenvalue weighted by Gasteiger charge is 2.29. The second-order valence-electron chi connectivity index (χ2n) is 6.88. The van der Waals surface area contributed by atoms with E-state index >= 15 is 0 Å². The number of hydrogen-bond acceptors (Lipinski definition) is 8.